The second kappa shape index (κ2) is 10.8. The minimum absolute atomic E-state index is 0. The van der Waals surface area contributed by atoms with Crippen molar-refractivity contribution in [3.8, 4) is 11.5 Å². The van der Waals surface area contributed by atoms with Gasteiger partial charge in [0.15, 0.2) is 0 Å². The molecular formula is C28H29Cl2N3O3. The fraction of sp³-hybridized carbons (Fsp3) is 0.286. The molecule has 1 amide bonds. The minimum Gasteiger partial charge on any atom is -0.495 e. The number of halogens is 2. The van der Waals surface area contributed by atoms with Gasteiger partial charge in [-0.05, 0) is 55.3 Å². The van der Waals surface area contributed by atoms with Gasteiger partial charge in [0.2, 0.25) is 5.91 Å². The van der Waals surface area contributed by atoms with Crippen LogP contribution in [0.25, 0.3) is 11.0 Å². The zero-order chi connectivity index (χ0) is 24.5. The van der Waals surface area contributed by atoms with Crippen LogP contribution < -0.4 is 14.4 Å². The first-order chi connectivity index (χ1) is 17.0. The molecule has 1 unspecified atom stereocenters. The summed E-state index contributed by atoms with van der Waals surface area (Å²) < 4.78 is 13.9. The van der Waals surface area contributed by atoms with Crippen molar-refractivity contribution in [2.45, 2.75) is 32.7 Å². The lowest BCUT2D eigenvalue weighted by Crippen LogP contribution is -2.25. The number of methoxy groups -OCH3 is 1. The molecule has 2 heterocycles. The average Bonchev–Trinajstić information content (AvgIpc) is 3.41. The molecule has 0 saturated carbocycles. The van der Waals surface area contributed by atoms with Gasteiger partial charge in [-0.3, -0.25) is 4.79 Å². The van der Waals surface area contributed by atoms with Gasteiger partial charge in [-0.2, -0.15) is 0 Å². The Morgan fingerprint density at radius 2 is 1.81 bits per heavy atom. The number of imidazole rings is 1. The molecule has 6 nitrogen and oxygen atoms in total. The number of carbonyl (C=O) groups is 1. The highest BCUT2D eigenvalue weighted by Crippen LogP contribution is 2.38. The quantitative estimate of drug-likeness (QED) is 0.282. The summed E-state index contributed by atoms with van der Waals surface area (Å²) in [4.78, 5) is 19.8. The number of rotatable bonds is 7. The lowest BCUT2D eigenvalue weighted by molar-refractivity contribution is -0.117. The van der Waals surface area contributed by atoms with Crippen LogP contribution in [0, 0.1) is 13.8 Å². The summed E-state index contributed by atoms with van der Waals surface area (Å²) in [6.45, 7) is 5.77. The van der Waals surface area contributed by atoms with E-state index in [9.17, 15) is 4.79 Å². The van der Waals surface area contributed by atoms with Gasteiger partial charge in [0.05, 0.1) is 30.4 Å². The van der Waals surface area contributed by atoms with E-state index in [0.29, 0.717) is 42.6 Å². The van der Waals surface area contributed by atoms with Gasteiger partial charge in [0.1, 0.15) is 23.9 Å². The molecule has 0 spiro atoms. The number of anilines is 1. The zero-order valence-corrected chi connectivity index (χ0v) is 22.1. The lowest BCUT2D eigenvalue weighted by atomic mass is 10.1. The molecule has 1 aliphatic heterocycles. The molecule has 4 aromatic rings. The second-order valence-electron chi connectivity index (χ2n) is 8.90. The molecule has 0 N–H and O–H groups in total. The van der Waals surface area contributed by atoms with Crippen LogP contribution >= 0.6 is 24.0 Å². The molecule has 0 bridgehead atoms. The molecule has 1 aliphatic rings. The number of ether oxygens (including phenoxy) is 2. The SMILES string of the molecule is COc1ccc(Cl)cc1N1CC(c2nc3ccccc3n2CCOc2c(C)cccc2C)CC1=O.Cl. The molecule has 36 heavy (non-hydrogen) atoms. The summed E-state index contributed by atoms with van der Waals surface area (Å²) >= 11 is 6.24. The van der Waals surface area contributed by atoms with Crippen molar-refractivity contribution in [3.63, 3.8) is 0 Å². The Morgan fingerprint density at radius 1 is 1.06 bits per heavy atom. The van der Waals surface area contributed by atoms with E-state index in [4.69, 9.17) is 26.1 Å². The van der Waals surface area contributed by atoms with Crippen LogP contribution in [0.3, 0.4) is 0 Å². The lowest BCUT2D eigenvalue weighted by Gasteiger charge is -2.20. The molecule has 188 valence electrons. The summed E-state index contributed by atoms with van der Waals surface area (Å²) in [6, 6.07) is 19.6. The van der Waals surface area contributed by atoms with Gasteiger partial charge in [0, 0.05) is 23.9 Å². The number of hydrogen-bond donors (Lipinski definition) is 0. The fourth-order valence-corrected chi connectivity index (χ4v) is 5.06. The van der Waals surface area contributed by atoms with Crippen molar-refractivity contribution in [1.29, 1.82) is 0 Å². The Labute approximate surface area is 222 Å². The number of nitrogens with zero attached hydrogens (tertiary/aromatic N) is 3. The van der Waals surface area contributed by atoms with Crippen LogP contribution in [0.1, 0.15) is 29.3 Å². The topological polar surface area (TPSA) is 56.6 Å². The Morgan fingerprint density at radius 3 is 2.56 bits per heavy atom. The molecule has 1 fully saturated rings. The van der Waals surface area contributed by atoms with Gasteiger partial charge in [-0.1, -0.05) is 41.9 Å². The summed E-state index contributed by atoms with van der Waals surface area (Å²) in [5, 5.41) is 0.563. The third-order valence-corrected chi connectivity index (χ3v) is 6.81. The van der Waals surface area contributed by atoms with Gasteiger partial charge < -0.3 is 18.9 Å². The number of aromatic nitrogens is 2. The number of benzene rings is 3. The Balaban J connectivity index is 0.00000304. The summed E-state index contributed by atoms with van der Waals surface area (Å²) in [7, 11) is 1.60. The number of carbonyl (C=O) groups excluding carboxylic acids is 1. The molecule has 1 saturated heterocycles. The third-order valence-electron chi connectivity index (χ3n) is 6.58. The number of hydrogen-bond acceptors (Lipinski definition) is 4. The predicted molar refractivity (Wildman–Crippen MR) is 146 cm³/mol. The maximum Gasteiger partial charge on any atom is 0.227 e. The van der Waals surface area contributed by atoms with Crippen LogP contribution in [-0.2, 0) is 11.3 Å². The fourth-order valence-electron chi connectivity index (χ4n) is 4.89. The maximum atomic E-state index is 13.1. The van der Waals surface area contributed by atoms with Crippen molar-refractivity contribution >= 4 is 46.6 Å². The molecule has 0 aliphatic carbocycles. The van der Waals surface area contributed by atoms with Crippen molar-refractivity contribution in [3.05, 3.63) is 82.6 Å². The van der Waals surface area contributed by atoms with Crippen LogP contribution in [0.4, 0.5) is 5.69 Å². The number of amides is 1. The molecule has 0 radical (unpaired) electrons. The smallest absolute Gasteiger partial charge is 0.227 e. The van der Waals surface area contributed by atoms with Gasteiger partial charge >= 0.3 is 0 Å². The van der Waals surface area contributed by atoms with Crippen molar-refractivity contribution < 1.29 is 14.3 Å². The molecule has 5 rings (SSSR count). The first kappa shape index (κ1) is 25.9. The summed E-state index contributed by atoms with van der Waals surface area (Å²) in [6.07, 6.45) is 0.372. The second-order valence-corrected chi connectivity index (χ2v) is 9.34. The molecule has 3 aromatic carbocycles. The number of aryl methyl sites for hydroxylation is 2. The highest BCUT2D eigenvalue weighted by atomic mass is 35.5. The highest BCUT2D eigenvalue weighted by Gasteiger charge is 2.36. The predicted octanol–water partition coefficient (Wildman–Crippen LogP) is 6.34. The van der Waals surface area contributed by atoms with E-state index in [-0.39, 0.29) is 24.2 Å². The van der Waals surface area contributed by atoms with E-state index >= 15 is 0 Å². The van der Waals surface area contributed by atoms with Crippen LogP contribution in [0.2, 0.25) is 5.02 Å². The zero-order valence-electron chi connectivity index (χ0n) is 20.5. The van der Waals surface area contributed by atoms with Crippen LogP contribution in [-0.4, -0.2) is 35.7 Å². The number of fused-ring (bicyclic) bond motifs is 1. The van der Waals surface area contributed by atoms with Gasteiger partial charge in [-0.25, -0.2) is 4.98 Å². The summed E-state index contributed by atoms with van der Waals surface area (Å²) in [5.41, 5.74) is 4.88. The molecule has 8 heteroatoms. The van der Waals surface area contributed by atoms with E-state index in [1.165, 1.54) is 0 Å². The minimum atomic E-state index is -0.0567. The largest absolute Gasteiger partial charge is 0.495 e. The van der Waals surface area contributed by atoms with E-state index < -0.39 is 0 Å². The number of para-hydroxylation sites is 3. The maximum absolute atomic E-state index is 13.1. The van der Waals surface area contributed by atoms with E-state index in [1.807, 2.05) is 24.3 Å². The van der Waals surface area contributed by atoms with Gasteiger partial charge in [0.25, 0.3) is 0 Å². The van der Waals surface area contributed by atoms with E-state index in [0.717, 1.165) is 33.7 Å². The van der Waals surface area contributed by atoms with Gasteiger partial charge in [-0.15, -0.1) is 12.4 Å². The first-order valence-corrected chi connectivity index (χ1v) is 12.1. The third kappa shape index (κ3) is 4.88. The standard InChI is InChI=1S/C28H28ClN3O3.ClH/c1-18-7-6-8-19(2)27(18)35-14-13-31-23-10-5-4-9-22(23)30-28(31)20-15-26(33)32(17-20)24-16-21(29)11-12-25(24)34-3;/h4-12,16,20H,13-15,17H2,1-3H3;1H. The Bertz CT molecular complexity index is 1380. The average molecular weight is 526 g/mol. The van der Waals surface area contributed by atoms with Crippen LogP contribution in [0.15, 0.2) is 60.7 Å². The van der Waals surface area contributed by atoms with Crippen molar-refractivity contribution in [2.75, 3.05) is 25.2 Å². The van der Waals surface area contributed by atoms with E-state index in [1.54, 1.807) is 30.2 Å². The Hall–Kier alpha value is -3.22. The van der Waals surface area contributed by atoms with E-state index in [2.05, 4.69) is 36.6 Å². The highest BCUT2D eigenvalue weighted by molar-refractivity contribution is 6.31. The van der Waals surface area contributed by atoms with Crippen molar-refractivity contribution in [2.24, 2.45) is 0 Å². The monoisotopic (exact) mass is 525 g/mol. The summed E-state index contributed by atoms with van der Waals surface area (Å²) in [5.74, 6) is 2.42. The first-order valence-electron chi connectivity index (χ1n) is 11.7. The van der Waals surface area contributed by atoms with Crippen LogP contribution in [0.5, 0.6) is 11.5 Å². The van der Waals surface area contributed by atoms with Crippen molar-refractivity contribution in [1.82, 2.24) is 9.55 Å². The molecule has 1 atom stereocenters. The molecule has 1 aromatic heterocycles. The molecular weight excluding hydrogens is 497 g/mol. The Kier molecular flexibility index (Phi) is 7.76. The normalized spacial score (nSPS) is 15.3.